The minimum absolute atomic E-state index is 0.0900. The molecule has 2 aromatic carbocycles. The van der Waals surface area contributed by atoms with Crippen molar-refractivity contribution in [3.8, 4) is 11.3 Å². The molecular formula is C21H19FN6O2. The summed E-state index contributed by atoms with van der Waals surface area (Å²) in [6.45, 7) is 0. The lowest BCUT2D eigenvalue weighted by Crippen LogP contribution is -2.22. The minimum Gasteiger partial charge on any atom is -0.378 e. The van der Waals surface area contributed by atoms with Crippen molar-refractivity contribution in [3.63, 3.8) is 0 Å². The van der Waals surface area contributed by atoms with Gasteiger partial charge in [0.15, 0.2) is 5.82 Å². The zero-order valence-corrected chi connectivity index (χ0v) is 16.4. The summed E-state index contributed by atoms with van der Waals surface area (Å²) in [4.78, 5) is 26.6. The summed E-state index contributed by atoms with van der Waals surface area (Å²) in [6, 6.07) is 14.8. The lowest BCUT2D eigenvalue weighted by atomic mass is 10.1. The van der Waals surface area contributed by atoms with Gasteiger partial charge in [0, 0.05) is 31.0 Å². The van der Waals surface area contributed by atoms with Crippen LogP contribution in [-0.2, 0) is 11.2 Å². The van der Waals surface area contributed by atoms with E-state index >= 15 is 0 Å². The van der Waals surface area contributed by atoms with E-state index in [9.17, 15) is 14.0 Å². The molecule has 0 unspecified atom stereocenters. The van der Waals surface area contributed by atoms with Gasteiger partial charge < -0.3 is 10.2 Å². The molecule has 4 rings (SSSR count). The highest BCUT2D eigenvalue weighted by atomic mass is 19.1. The largest absolute Gasteiger partial charge is 0.378 e. The summed E-state index contributed by atoms with van der Waals surface area (Å²) in [5, 5.41) is 13.6. The lowest BCUT2D eigenvalue weighted by Gasteiger charge is -2.13. The predicted molar refractivity (Wildman–Crippen MR) is 112 cm³/mol. The Morgan fingerprint density at radius 1 is 1.13 bits per heavy atom. The molecular weight excluding hydrogens is 387 g/mol. The fourth-order valence-corrected chi connectivity index (χ4v) is 3.03. The van der Waals surface area contributed by atoms with Gasteiger partial charge in [0.05, 0.1) is 12.1 Å². The number of H-pyrrole nitrogens is 1. The number of halogens is 1. The highest BCUT2D eigenvalue weighted by Gasteiger charge is 2.15. The Hall–Kier alpha value is -4.01. The molecule has 2 heterocycles. The van der Waals surface area contributed by atoms with E-state index in [1.165, 1.54) is 16.6 Å². The summed E-state index contributed by atoms with van der Waals surface area (Å²) in [6.07, 6.45) is -0.0900. The zero-order valence-electron chi connectivity index (χ0n) is 16.4. The van der Waals surface area contributed by atoms with Crippen LogP contribution in [0.15, 0.2) is 59.4 Å². The number of aromatic amines is 1. The van der Waals surface area contributed by atoms with E-state index in [0.717, 1.165) is 5.69 Å². The van der Waals surface area contributed by atoms with Crippen LogP contribution in [0.3, 0.4) is 0 Å². The summed E-state index contributed by atoms with van der Waals surface area (Å²) < 4.78 is 14.5. The lowest BCUT2D eigenvalue weighted by molar-refractivity contribution is -0.115. The number of benzene rings is 2. The van der Waals surface area contributed by atoms with Gasteiger partial charge in [-0.1, -0.05) is 0 Å². The molecule has 0 atom stereocenters. The highest BCUT2D eigenvalue weighted by molar-refractivity contribution is 5.92. The number of amides is 1. The van der Waals surface area contributed by atoms with Gasteiger partial charge >= 0.3 is 0 Å². The van der Waals surface area contributed by atoms with Crippen LogP contribution in [-0.4, -0.2) is 39.8 Å². The summed E-state index contributed by atoms with van der Waals surface area (Å²) in [7, 11) is 3.87. The standard InChI is InChI=1S/C21H19FN6O2/c1-27(2)16-9-7-15(8-10-16)23-20(29)12-19-24-25-21(30)18-11-17(26-28(18)19)13-3-5-14(22)6-4-13/h3-11H,12H2,1-2H3,(H,23,29)(H,25,30). The van der Waals surface area contributed by atoms with E-state index in [-0.39, 0.29) is 29.5 Å². The SMILES string of the molecule is CN(C)c1ccc(NC(=O)Cc2n[nH]c(=O)c3cc(-c4ccc(F)cc4)nn23)cc1. The molecule has 4 aromatic rings. The van der Waals surface area contributed by atoms with Crippen molar-refractivity contribution >= 4 is 22.8 Å². The Morgan fingerprint density at radius 2 is 1.83 bits per heavy atom. The number of nitrogens with zero attached hydrogens (tertiary/aromatic N) is 4. The first-order valence-corrected chi connectivity index (χ1v) is 9.21. The number of rotatable bonds is 5. The average molecular weight is 406 g/mol. The Labute approximate surface area is 171 Å². The van der Waals surface area contributed by atoms with Crippen LogP contribution in [0.2, 0.25) is 0 Å². The second kappa shape index (κ2) is 7.78. The van der Waals surface area contributed by atoms with Gasteiger partial charge in [-0.25, -0.2) is 14.0 Å². The highest BCUT2D eigenvalue weighted by Crippen LogP contribution is 2.20. The maximum absolute atomic E-state index is 13.2. The summed E-state index contributed by atoms with van der Waals surface area (Å²) >= 11 is 0. The number of nitrogens with one attached hydrogen (secondary N) is 2. The number of anilines is 2. The molecule has 0 bridgehead atoms. The van der Waals surface area contributed by atoms with E-state index in [1.807, 2.05) is 43.3 Å². The van der Waals surface area contributed by atoms with Gasteiger partial charge in [-0.2, -0.15) is 10.2 Å². The van der Waals surface area contributed by atoms with Crippen molar-refractivity contribution in [1.29, 1.82) is 0 Å². The van der Waals surface area contributed by atoms with Crippen molar-refractivity contribution in [2.75, 3.05) is 24.3 Å². The number of hydrogen-bond acceptors (Lipinski definition) is 5. The third kappa shape index (κ3) is 3.90. The molecule has 0 radical (unpaired) electrons. The average Bonchev–Trinajstić information content (AvgIpc) is 3.18. The zero-order chi connectivity index (χ0) is 21.3. The molecule has 0 spiro atoms. The molecule has 2 N–H and O–H groups in total. The quantitative estimate of drug-likeness (QED) is 0.531. The molecule has 0 saturated carbocycles. The summed E-state index contributed by atoms with van der Waals surface area (Å²) in [5.41, 5.74) is 2.62. The van der Waals surface area contributed by atoms with Crippen LogP contribution in [0.1, 0.15) is 5.82 Å². The Balaban J connectivity index is 1.59. The minimum atomic E-state index is -0.431. The molecule has 0 aliphatic rings. The predicted octanol–water partition coefficient (Wildman–Crippen LogP) is 2.47. The molecule has 1 amide bonds. The third-order valence-electron chi connectivity index (χ3n) is 4.60. The van der Waals surface area contributed by atoms with Crippen LogP contribution in [0, 0.1) is 5.82 Å². The van der Waals surface area contributed by atoms with Crippen molar-refractivity contribution in [1.82, 2.24) is 19.8 Å². The second-order valence-electron chi connectivity index (χ2n) is 6.97. The molecule has 0 saturated heterocycles. The fourth-order valence-electron chi connectivity index (χ4n) is 3.03. The molecule has 0 fully saturated rings. The number of fused-ring (bicyclic) bond motifs is 1. The van der Waals surface area contributed by atoms with E-state index in [1.54, 1.807) is 18.2 Å². The monoisotopic (exact) mass is 406 g/mol. The van der Waals surface area contributed by atoms with E-state index in [4.69, 9.17) is 0 Å². The van der Waals surface area contributed by atoms with Crippen LogP contribution in [0.5, 0.6) is 0 Å². The van der Waals surface area contributed by atoms with Crippen LogP contribution in [0.25, 0.3) is 16.8 Å². The van der Waals surface area contributed by atoms with Crippen molar-refractivity contribution in [2.45, 2.75) is 6.42 Å². The molecule has 30 heavy (non-hydrogen) atoms. The normalized spacial score (nSPS) is 10.9. The van der Waals surface area contributed by atoms with E-state index in [2.05, 4.69) is 20.6 Å². The van der Waals surface area contributed by atoms with Gasteiger partial charge in [0.2, 0.25) is 5.91 Å². The first-order chi connectivity index (χ1) is 14.4. The maximum atomic E-state index is 13.2. The number of hydrogen-bond donors (Lipinski definition) is 2. The van der Waals surface area contributed by atoms with Gasteiger partial charge in [-0.3, -0.25) is 9.59 Å². The Kier molecular flexibility index (Phi) is 5.01. The van der Waals surface area contributed by atoms with Crippen molar-refractivity contribution in [3.05, 3.63) is 76.6 Å². The molecule has 8 nitrogen and oxygen atoms in total. The van der Waals surface area contributed by atoms with Crippen molar-refractivity contribution < 1.29 is 9.18 Å². The summed E-state index contributed by atoms with van der Waals surface area (Å²) in [5.74, 6) is -0.384. The van der Waals surface area contributed by atoms with Gasteiger partial charge in [-0.15, -0.1) is 0 Å². The molecule has 2 aromatic heterocycles. The first-order valence-electron chi connectivity index (χ1n) is 9.21. The molecule has 0 aliphatic carbocycles. The van der Waals surface area contributed by atoms with Crippen molar-refractivity contribution in [2.24, 2.45) is 0 Å². The number of aromatic nitrogens is 4. The fraction of sp³-hybridized carbons (Fsp3) is 0.143. The molecule has 152 valence electrons. The number of carbonyl (C=O) groups excluding carboxylic acids is 1. The van der Waals surface area contributed by atoms with E-state index in [0.29, 0.717) is 16.9 Å². The van der Waals surface area contributed by atoms with Gasteiger partial charge in [0.1, 0.15) is 11.3 Å². The Bertz CT molecular complexity index is 1260. The second-order valence-corrected chi connectivity index (χ2v) is 6.97. The maximum Gasteiger partial charge on any atom is 0.290 e. The first kappa shape index (κ1) is 19.3. The van der Waals surface area contributed by atoms with Gasteiger partial charge in [0.25, 0.3) is 5.56 Å². The van der Waals surface area contributed by atoms with Crippen LogP contribution in [0.4, 0.5) is 15.8 Å². The molecule has 9 heteroatoms. The third-order valence-corrected chi connectivity index (χ3v) is 4.60. The smallest absolute Gasteiger partial charge is 0.290 e. The topological polar surface area (TPSA) is 95.4 Å². The Morgan fingerprint density at radius 3 is 2.50 bits per heavy atom. The number of carbonyl (C=O) groups is 1. The van der Waals surface area contributed by atoms with Crippen LogP contribution >= 0.6 is 0 Å². The van der Waals surface area contributed by atoms with Crippen LogP contribution < -0.4 is 15.8 Å². The molecule has 0 aliphatic heterocycles. The van der Waals surface area contributed by atoms with Gasteiger partial charge in [-0.05, 0) is 54.6 Å². The van der Waals surface area contributed by atoms with E-state index < -0.39 is 5.56 Å².